The lowest BCUT2D eigenvalue weighted by Gasteiger charge is -2.26. The Morgan fingerprint density at radius 2 is 1.74 bits per heavy atom. The van der Waals surface area contributed by atoms with E-state index >= 15 is 0 Å². The van der Waals surface area contributed by atoms with Crippen LogP contribution in [-0.4, -0.2) is 51.0 Å². The smallest absolute Gasteiger partial charge is 0.120 e. The largest absolute Gasteiger partial charge is 0.492 e. The lowest BCUT2D eigenvalue weighted by atomic mass is 10.3. The summed E-state index contributed by atoms with van der Waals surface area (Å²) in [5, 5.41) is 0. The molecule has 0 aliphatic carbocycles. The molecule has 1 aliphatic rings. The third-order valence-electron chi connectivity index (χ3n) is 2.97. The van der Waals surface area contributed by atoms with Crippen LogP contribution in [0.3, 0.4) is 0 Å². The second kappa shape index (κ2) is 7.81. The zero-order valence-corrected chi connectivity index (χ0v) is 11.2. The molecule has 1 heterocycles. The molecule has 0 saturated carbocycles. The van der Waals surface area contributed by atoms with E-state index in [1.807, 2.05) is 24.3 Å². The van der Waals surface area contributed by atoms with Crippen molar-refractivity contribution in [3.8, 4) is 11.5 Å². The number of morpholine rings is 1. The third kappa shape index (κ3) is 4.93. The molecule has 0 atom stereocenters. The lowest BCUT2D eigenvalue weighted by molar-refractivity contribution is 0.0322. The van der Waals surface area contributed by atoms with Gasteiger partial charge in [0.05, 0.1) is 13.2 Å². The number of hydrogen-bond donors (Lipinski definition) is 0. The van der Waals surface area contributed by atoms with Crippen molar-refractivity contribution < 1.29 is 14.2 Å². The van der Waals surface area contributed by atoms with E-state index in [2.05, 4.69) is 11.5 Å². The standard InChI is InChI=1S/C15H21NO3/c1-2-10-18-14-3-5-15(6-4-14)19-13-9-16-7-11-17-12-8-16/h2-6H,1,7-13H2. The van der Waals surface area contributed by atoms with Crippen LogP contribution in [0.1, 0.15) is 0 Å². The summed E-state index contributed by atoms with van der Waals surface area (Å²) in [5.74, 6) is 1.71. The Morgan fingerprint density at radius 1 is 1.11 bits per heavy atom. The topological polar surface area (TPSA) is 30.9 Å². The minimum atomic E-state index is 0.525. The van der Waals surface area contributed by atoms with Crippen LogP contribution < -0.4 is 9.47 Å². The van der Waals surface area contributed by atoms with Crippen molar-refractivity contribution in [3.63, 3.8) is 0 Å². The fourth-order valence-electron chi connectivity index (χ4n) is 1.90. The number of hydrogen-bond acceptors (Lipinski definition) is 4. The fraction of sp³-hybridized carbons (Fsp3) is 0.467. The molecule has 0 N–H and O–H groups in total. The molecule has 19 heavy (non-hydrogen) atoms. The number of rotatable bonds is 7. The van der Waals surface area contributed by atoms with Gasteiger partial charge in [-0.05, 0) is 24.3 Å². The molecule has 4 nitrogen and oxygen atoms in total. The van der Waals surface area contributed by atoms with E-state index < -0.39 is 0 Å². The van der Waals surface area contributed by atoms with Gasteiger partial charge in [0, 0.05) is 19.6 Å². The van der Waals surface area contributed by atoms with Crippen molar-refractivity contribution in [1.29, 1.82) is 0 Å². The molecule has 1 aliphatic heterocycles. The van der Waals surface area contributed by atoms with Crippen LogP contribution in [0.15, 0.2) is 36.9 Å². The highest BCUT2D eigenvalue weighted by molar-refractivity contribution is 5.31. The van der Waals surface area contributed by atoms with Crippen LogP contribution in [-0.2, 0) is 4.74 Å². The van der Waals surface area contributed by atoms with Gasteiger partial charge in [0.25, 0.3) is 0 Å². The summed E-state index contributed by atoms with van der Waals surface area (Å²) in [7, 11) is 0. The second-order valence-electron chi connectivity index (χ2n) is 4.37. The van der Waals surface area contributed by atoms with Gasteiger partial charge in [-0.1, -0.05) is 12.7 Å². The van der Waals surface area contributed by atoms with Crippen LogP contribution in [0.25, 0.3) is 0 Å². The predicted molar refractivity (Wildman–Crippen MR) is 74.9 cm³/mol. The van der Waals surface area contributed by atoms with Crippen LogP contribution in [0.5, 0.6) is 11.5 Å². The molecule has 2 rings (SSSR count). The summed E-state index contributed by atoms with van der Waals surface area (Å²) in [4.78, 5) is 2.35. The first-order valence-electron chi connectivity index (χ1n) is 6.65. The molecule has 0 spiro atoms. The Balaban J connectivity index is 1.68. The van der Waals surface area contributed by atoms with Crippen molar-refractivity contribution >= 4 is 0 Å². The predicted octanol–water partition coefficient (Wildman–Crippen LogP) is 1.96. The van der Waals surface area contributed by atoms with E-state index in [0.717, 1.165) is 44.3 Å². The van der Waals surface area contributed by atoms with Crippen molar-refractivity contribution in [1.82, 2.24) is 4.90 Å². The van der Waals surface area contributed by atoms with Gasteiger partial charge in [-0.3, -0.25) is 4.90 Å². The first-order valence-corrected chi connectivity index (χ1v) is 6.65. The highest BCUT2D eigenvalue weighted by atomic mass is 16.5. The van der Waals surface area contributed by atoms with Crippen molar-refractivity contribution in [2.75, 3.05) is 46.1 Å². The minimum Gasteiger partial charge on any atom is -0.492 e. The molecule has 0 radical (unpaired) electrons. The average molecular weight is 263 g/mol. The average Bonchev–Trinajstić information content (AvgIpc) is 2.47. The molecular formula is C15H21NO3. The normalized spacial score (nSPS) is 16.0. The number of nitrogens with zero attached hydrogens (tertiary/aromatic N) is 1. The Kier molecular flexibility index (Phi) is 5.72. The molecule has 1 aromatic carbocycles. The minimum absolute atomic E-state index is 0.525. The monoisotopic (exact) mass is 263 g/mol. The van der Waals surface area contributed by atoms with Crippen molar-refractivity contribution in [2.24, 2.45) is 0 Å². The van der Waals surface area contributed by atoms with Gasteiger partial charge in [0.2, 0.25) is 0 Å². The van der Waals surface area contributed by atoms with Gasteiger partial charge in [-0.15, -0.1) is 0 Å². The number of ether oxygens (including phenoxy) is 3. The molecule has 0 aromatic heterocycles. The zero-order chi connectivity index (χ0) is 13.3. The van der Waals surface area contributed by atoms with Gasteiger partial charge in [-0.2, -0.15) is 0 Å². The van der Waals surface area contributed by atoms with Crippen LogP contribution >= 0.6 is 0 Å². The van der Waals surface area contributed by atoms with Gasteiger partial charge >= 0.3 is 0 Å². The Labute approximate surface area is 114 Å². The summed E-state index contributed by atoms with van der Waals surface area (Å²) < 4.78 is 16.4. The molecule has 1 fully saturated rings. The van der Waals surface area contributed by atoms with E-state index in [-0.39, 0.29) is 0 Å². The van der Waals surface area contributed by atoms with E-state index in [9.17, 15) is 0 Å². The summed E-state index contributed by atoms with van der Waals surface area (Å²) in [6.07, 6.45) is 1.73. The highest BCUT2D eigenvalue weighted by Gasteiger charge is 2.09. The van der Waals surface area contributed by atoms with E-state index in [1.165, 1.54) is 0 Å². The van der Waals surface area contributed by atoms with Crippen LogP contribution in [0, 0.1) is 0 Å². The molecule has 1 aromatic rings. The zero-order valence-electron chi connectivity index (χ0n) is 11.2. The summed E-state index contributed by atoms with van der Waals surface area (Å²) in [6, 6.07) is 7.68. The second-order valence-corrected chi connectivity index (χ2v) is 4.37. The summed E-state index contributed by atoms with van der Waals surface area (Å²) >= 11 is 0. The maximum absolute atomic E-state index is 5.71. The fourth-order valence-corrected chi connectivity index (χ4v) is 1.90. The lowest BCUT2D eigenvalue weighted by Crippen LogP contribution is -2.38. The SMILES string of the molecule is C=CCOc1ccc(OCCN2CCOCC2)cc1. The first-order chi connectivity index (χ1) is 9.38. The molecule has 0 bridgehead atoms. The molecule has 104 valence electrons. The van der Waals surface area contributed by atoms with Gasteiger partial charge in [0.15, 0.2) is 0 Å². The van der Waals surface area contributed by atoms with Gasteiger partial charge in [0.1, 0.15) is 24.7 Å². The third-order valence-corrected chi connectivity index (χ3v) is 2.97. The maximum atomic E-state index is 5.71. The van der Waals surface area contributed by atoms with Gasteiger partial charge in [-0.25, -0.2) is 0 Å². The van der Waals surface area contributed by atoms with E-state index in [1.54, 1.807) is 6.08 Å². The molecule has 0 unspecified atom stereocenters. The summed E-state index contributed by atoms with van der Waals surface area (Å²) in [6.45, 7) is 9.44. The van der Waals surface area contributed by atoms with Gasteiger partial charge < -0.3 is 14.2 Å². The Bertz CT molecular complexity index is 371. The van der Waals surface area contributed by atoms with E-state index in [0.29, 0.717) is 13.2 Å². The Hall–Kier alpha value is -1.52. The molecule has 1 saturated heterocycles. The Morgan fingerprint density at radius 3 is 2.37 bits per heavy atom. The number of benzene rings is 1. The molecule has 0 amide bonds. The van der Waals surface area contributed by atoms with Crippen LogP contribution in [0.2, 0.25) is 0 Å². The first kappa shape index (κ1) is 13.9. The summed E-state index contributed by atoms with van der Waals surface area (Å²) in [5.41, 5.74) is 0. The highest BCUT2D eigenvalue weighted by Crippen LogP contribution is 2.17. The maximum Gasteiger partial charge on any atom is 0.120 e. The van der Waals surface area contributed by atoms with Crippen molar-refractivity contribution in [2.45, 2.75) is 0 Å². The quantitative estimate of drug-likeness (QED) is 0.704. The van der Waals surface area contributed by atoms with E-state index in [4.69, 9.17) is 14.2 Å². The van der Waals surface area contributed by atoms with Crippen LogP contribution in [0.4, 0.5) is 0 Å². The molecular weight excluding hydrogens is 242 g/mol. The molecule has 4 heteroatoms. The van der Waals surface area contributed by atoms with Crippen molar-refractivity contribution in [3.05, 3.63) is 36.9 Å².